The summed E-state index contributed by atoms with van der Waals surface area (Å²) in [5, 5.41) is 18.9. The third kappa shape index (κ3) is 1.64. The molecule has 0 aliphatic heterocycles. The Hall–Kier alpha value is -1.33. The first kappa shape index (κ1) is 10.7. The SMILES string of the molecule is CCC(C#N)(c1ccccc1)C(C)O. The van der Waals surface area contributed by atoms with E-state index < -0.39 is 11.5 Å². The normalized spacial score (nSPS) is 16.7. The van der Waals surface area contributed by atoms with Crippen molar-refractivity contribution in [2.24, 2.45) is 0 Å². The van der Waals surface area contributed by atoms with Gasteiger partial charge in [0.2, 0.25) is 0 Å². The molecule has 74 valence electrons. The minimum Gasteiger partial charge on any atom is -0.391 e. The van der Waals surface area contributed by atoms with Crippen molar-refractivity contribution in [3.8, 4) is 6.07 Å². The third-order valence-electron chi connectivity index (χ3n) is 2.76. The number of hydrogen-bond acceptors (Lipinski definition) is 2. The van der Waals surface area contributed by atoms with Gasteiger partial charge < -0.3 is 5.11 Å². The van der Waals surface area contributed by atoms with E-state index in [1.807, 2.05) is 37.3 Å². The first-order valence-electron chi connectivity index (χ1n) is 4.82. The zero-order valence-corrected chi connectivity index (χ0v) is 8.57. The molecule has 2 heteroatoms. The van der Waals surface area contributed by atoms with Crippen LogP contribution in [0.5, 0.6) is 0 Å². The maximum absolute atomic E-state index is 9.69. The summed E-state index contributed by atoms with van der Waals surface area (Å²) in [4.78, 5) is 0. The van der Waals surface area contributed by atoms with Gasteiger partial charge in [-0.05, 0) is 18.9 Å². The van der Waals surface area contributed by atoms with Gasteiger partial charge in [0.05, 0.1) is 12.2 Å². The molecule has 0 aliphatic rings. The molecule has 0 bridgehead atoms. The van der Waals surface area contributed by atoms with Crippen LogP contribution in [-0.2, 0) is 5.41 Å². The molecule has 0 saturated carbocycles. The molecule has 0 fully saturated rings. The van der Waals surface area contributed by atoms with Crippen LogP contribution in [0.15, 0.2) is 30.3 Å². The number of aliphatic hydroxyl groups is 1. The second-order valence-electron chi connectivity index (χ2n) is 3.48. The Labute approximate surface area is 84.8 Å². The van der Waals surface area contributed by atoms with E-state index in [9.17, 15) is 10.4 Å². The molecule has 2 nitrogen and oxygen atoms in total. The van der Waals surface area contributed by atoms with Crippen LogP contribution in [0.2, 0.25) is 0 Å². The summed E-state index contributed by atoms with van der Waals surface area (Å²) in [5.41, 5.74) is 0.126. The van der Waals surface area contributed by atoms with E-state index >= 15 is 0 Å². The van der Waals surface area contributed by atoms with Crippen molar-refractivity contribution < 1.29 is 5.11 Å². The fraction of sp³-hybridized carbons (Fsp3) is 0.417. The van der Waals surface area contributed by atoms with Crippen LogP contribution >= 0.6 is 0 Å². The van der Waals surface area contributed by atoms with Gasteiger partial charge in [0.25, 0.3) is 0 Å². The maximum Gasteiger partial charge on any atom is 0.107 e. The Morgan fingerprint density at radius 2 is 2.00 bits per heavy atom. The molecule has 0 saturated heterocycles. The molecule has 0 radical (unpaired) electrons. The molecular weight excluding hydrogens is 174 g/mol. The van der Waals surface area contributed by atoms with Crippen LogP contribution in [0.1, 0.15) is 25.8 Å². The lowest BCUT2D eigenvalue weighted by molar-refractivity contribution is 0.125. The Morgan fingerprint density at radius 3 is 2.36 bits per heavy atom. The van der Waals surface area contributed by atoms with Gasteiger partial charge in [0, 0.05) is 0 Å². The van der Waals surface area contributed by atoms with Crippen molar-refractivity contribution in [2.45, 2.75) is 31.8 Å². The summed E-state index contributed by atoms with van der Waals surface area (Å²) in [7, 11) is 0. The molecule has 0 heterocycles. The minimum atomic E-state index is -0.763. The van der Waals surface area contributed by atoms with Gasteiger partial charge in [0.1, 0.15) is 5.41 Å². The van der Waals surface area contributed by atoms with Gasteiger partial charge in [-0.2, -0.15) is 5.26 Å². The Morgan fingerprint density at radius 1 is 1.43 bits per heavy atom. The first-order chi connectivity index (χ1) is 6.67. The topological polar surface area (TPSA) is 44.0 Å². The van der Waals surface area contributed by atoms with Crippen LogP contribution in [0.25, 0.3) is 0 Å². The molecule has 0 amide bonds. The van der Waals surface area contributed by atoms with E-state index in [1.54, 1.807) is 6.92 Å². The molecule has 1 N–H and O–H groups in total. The molecule has 2 unspecified atom stereocenters. The predicted octanol–water partition coefficient (Wildman–Crippen LogP) is 2.24. The molecule has 1 aromatic rings. The van der Waals surface area contributed by atoms with Crippen LogP contribution in [0.4, 0.5) is 0 Å². The van der Waals surface area contributed by atoms with Gasteiger partial charge in [-0.3, -0.25) is 0 Å². The average molecular weight is 189 g/mol. The zero-order valence-electron chi connectivity index (χ0n) is 8.57. The van der Waals surface area contributed by atoms with Gasteiger partial charge in [-0.15, -0.1) is 0 Å². The second-order valence-corrected chi connectivity index (χ2v) is 3.48. The highest BCUT2D eigenvalue weighted by Gasteiger charge is 2.35. The number of benzene rings is 1. The third-order valence-corrected chi connectivity index (χ3v) is 2.76. The highest BCUT2D eigenvalue weighted by molar-refractivity contribution is 5.33. The molecule has 2 atom stereocenters. The monoisotopic (exact) mass is 189 g/mol. The summed E-state index contributed by atoms with van der Waals surface area (Å²) in [6.07, 6.45) is -0.0366. The molecule has 1 rings (SSSR count). The number of aliphatic hydroxyl groups excluding tert-OH is 1. The van der Waals surface area contributed by atoms with Crippen molar-refractivity contribution in [3.05, 3.63) is 35.9 Å². The molecule has 0 aromatic heterocycles. The van der Waals surface area contributed by atoms with E-state index in [2.05, 4.69) is 6.07 Å². The minimum absolute atomic E-state index is 0.616. The summed E-state index contributed by atoms with van der Waals surface area (Å²) in [6.45, 7) is 3.59. The van der Waals surface area contributed by atoms with E-state index in [-0.39, 0.29) is 0 Å². The zero-order chi connectivity index (χ0) is 10.6. The highest BCUT2D eigenvalue weighted by atomic mass is 16.3. The number of nitriles is 1. The first-order valence-corrected chi connectivity index (χ1v) is 4.82. The quantitative estimate of drug-likeness (QED) is 0.792. The Bertz CT molecular complexity index is 326. The van der Waals surface area contributed by atoms with E-state index in [0.717, 1.165) is 5.56 Å². The summed E-state index contributed by atoms with van der Waals surface area (Å²) in [6, 6.07) is 11.7. The van der Waals surface area contributed by atoms with Crippen molar-refractivity contribution in [1.82, 2.24) is 0 Å². The highest BCUT2D eigenvalue weighted by Crippen LogP contribution is 2.30. The van der Waals surface area contributed by atoms with Crippen LogP contribution in [-0.4, -0.2) is 11.2 Å². The second kappa shape index (κ2) is 4.26. The molecule has 1 aromatic carbocycles. The average Bonchev–Trinajstić information content (AvgIpc) is 2.22. The van der Waals surface area contributed by atoms with Crippen LogP contribution in [0.3, 0.4) is 0 Å². The molecule has 0 aliphatic carbocycles. The fourth-order valence-corrected chi connectivity index (χ4v) is 1.71. The predicted molar refractivity (Wildman–Crippen MR) is 55.7 cm³/mol. The Balaban J connectivity index is 3.20. The van der Waals surface area contributed by atoms with Crippen LogP contribution < -0.4 is 0 Å². The van der Waals surface area contributed by atoms with Gasteiger partial charge in [-0.1, -0.05) is 37.3 Å². The molecule has 0 spiro atoms. The van der Waals surface area contributed by atoms with Crippen LogP contribution in [0, 0.1) is 11.3 Å². The maximum atomic E-state index is 9.69. The summed E-state index contributed by atoms with van der Waals surface area (Å²) in [5.74, 6) is 0. The fourth-order valence-electron chi connectivity index (χ4n) is 1.71. The lowest BCUT2D eigenvalue weighted by Gasteiger charge is -2.28. The van der Waals surface area contributed by atoms with E-state index in [4.69, 9.17) is 0 Å². The summed E-state index contributed by atoms with van der Waals surface area (Å²) >= 11 is 0. The lowest BCUT2D eigenvalue weighted by Crippen LogP contribution is -2.35. The van der Waals surface area contributed by atoms with Gasteiger partial charge in [-0.25, -0.2) is 0 Å². The Kier molecular flexibility index (Phi) is 3.27. The van der Waals surface area contributed by atoms with Crippen molar-refractivity contribution >= 4 is 0 Å². The largest absolute Gasteiger partial charge is 0.391 e. The summed E-state index contributed by atoms with van der Waals surface area (Å²) < 4.78 is 0. The number of hydrogen-bond donors (Lipinski definition) is 1. The van der Waals surface area contributed by atoms with E-state index in [1.165, 1.54) is 0 Å². The van der Waals surface area contributed by atoms with Crippen molar-refractivity contribution in [3.63, 3.8) is 0 Å². The molecular formula is C12H15NO. The van der Waals surface area contributed by atoms with Crippen molar-refractivity contribution in [2.75, 3.05) is 0 Å². The lowest BCUT2D eigenvalue weighted by atomic mass is 9.75. The van der Waals surface area contributed by atoms with Crippen molar-refractivity contribution in [1.29, 1.82) is 5.26 Å². The van der Waals surface area contributed by atoms with E-state index in [0.29, 0.717) is 6.42 Å². The molecule has 14 heavy (non-hydrogen) atoms. The standard InChI is InChI=1S/C12H15NO/c1-3-12(9-13,10(2)14)11-7-5-4-6-8-11/h4-8,10,14H,3H2,1-2H3. The smallest absolute Gasteiger partial charge is 0.107 e. The van der Waals surface area contributed by atoms with Gasteiger partial charge >= 0.3 is 0 Å². The number of nitrogens with zero attached hydrogens (tertiary/aromatic N) is 1. The number of rotatable bonds is 3. The van der Waals surface area contributed by atoms with Gasteiger partial charge in [0.15, 0.2) is 0 Å².